The van der Waals surface area contributed by atoms with Crippen LogP contribution in [0.2, 0.25) is 0 Å². The average Bonchev–Trinajstić information content (AvgIpc) is 3.58. The lowest BCUT2D eigenvalue weighted by atomic mass is 9.94. The highest BCUT2D eigenvalue weighted by Crippen LogP contribution is 2.40. The molecule has 2 fully saturated rings. The Morgan fingerprint density at radius 2 is 1.87 bits per heavy atom. The van der Waals surface area contributed by atoms with Crippen molar-refractivity contribution in [1.29, 1.82) is 0 Å². The molecule has 166 valence electrons. The Labute approximate surface area is 174 Å². The van der Waals surface area contributed by atoms with E-state index in [1.807, 2.05) is 0 Å². The van der Waals surface area contributed by atoms with Gasteiger partial charge in [0.05, 0.1) is 11.3 Å². The van der Waals surface area contributed by atoms with Crippen molar-refractivity contribution < 1.29 is 26.7 Å². The van der Waals surface area contributed by atoms with Crippen LogP contribution in [-0.2, 0) is 11.0 Å². The van der Waals surface area contributed by atoms with Gasteiger partial charge in [-0.2, -0.15) is 22.0 Å². The monoisotopic (exact) mass is 441 g/mol. The molecule has 1 unspecified atom stereocenters. The van der Waals surface area contributed by atoms with Crippen LogP contribution in [0.4, 0.5) is 33.6 Å². The fourth-order valence-electron chi connectivity index (χ4n) is 3.65. The predicted octanol–water partition coefficient (Wildman–Crippen LogP) is 4.48. The van der Waals surface area contributed by atoms with Crippen molar-refractivity contribution in [2.24, 2.45) is 0 Å². The number of carbonyl (C=O) groups excluding carboxylic acids is 1. The largest absolute Gasteiger partial charge is 0.416 e. The number of nitrogens with zero attached hydrogens (tertiary/aromatic N) is 4. The lowest BCUT2D eigenvalue weighted by molar-refractivity contribution is -0.144. The van der Waals surface area contributed by atoms with Crippen LogP contribution in [0.1, 0.15) is 54.6 Å². The van der Waals surface area contributed by atoms with E-state index in [0.29, 0.717) is 24.4 Å². The number of aromatic nitrogens is 3. The van der Waals surface area contributed by atoms with Crippen molar-refractivity contribution in [2.45, 2.75) is 50.1 Å². The summed E-state index contributed by atoms with van der Waals surface area (Å²) >= 11 is 0. The van der Waals surface area contributed by atoms with E-state index in [1.54, 1.807) is 6.07 Å². The van der Waals surface area contributed by atoms with Crippen molar-refractivity contribution in [3.05, 3.63) is 41.5 Å². The smallest absolute Gasteiger partial charge is 0.337 e. The molecule has 6 nitrogen and oxygen atoms in total. The summed E-state index contributed by atoms with van der Waals surface area (Å²) in [5, 5.41) is 2.81. The molecule has 1 saturated carbocycles. The number of rotatable bonds is 5. The number of halogens is 5. The number of alkyl halides is 5. The number of amides is 1. The summed E-state index contributed by atoms with van der Waals surface area (Å²) in [6.07, 6.45) is -3.46. The van der Waals surface area contributed by atoms with Crippen molar-refractivity contribution in [2.75, 3.05) is 18.4 Å². The van der Waals surface area contributed by atoms with Crippen LogP contribution in [0.15, 0.2) is 24.4 Å². The van der Waals surface area contributed by atoms with E-state index in [0.717, 1.165) is 36.1 Å². The molecule has 3 heterocycles. The number of piperidine rings is 1. The van der Waals surface area contributed by atoms with Crippen molar-refractivity contribution in [1.82, 2.24) is 19.9 Å². The predicted molar refractivity (Wildman–Crippen MR) is 101 cm³/mol. The number of hydrogen-bond acceptors (Lipinski definition) is 5. The Morgan fingerprint density at radius 1 is 1.10 bits per heavy atom. The van der Waals surface area contributed by atoms with Gasteiger partial charge in [-0.15, -0.1) is 0 Å². The third-order valence-corrected chi connectivity index (χ3v) is 5.39. The zero-order valence-corrected chi connectivity index (χ0v) is 16.4. The van der Waals surface area contributed by atoms with E-state index in [9.17, 15) is 26.7 Å². The Bertz CT molecular complexity index is 963. The maximum Gasteiger partial charge on any atom is 0.416 e. The number of hydrogen-bond donors (Lipinski definition) is 1. The lowest BCUT2D eigenvalue weighted by Gasteiger charge is -2.32. The summed E-state index contributed by atoms with van der Waals surface area (Å²) in [5.74, 6) is -0.461. The highest BCUT2D eigenvalue weighted by atomic mass is 19.4. The Hall–Kier alpha value is -2.85. The number of anilines is 2. The van der Waals surface area contributed by atoms with Gasteiger partial charge in [-0.1, -0.05) is 0 Å². The Morgan fingerprint density at radius 3 is 2.55 bits per heavy atom. The zero-order chi connectivity index (χ0) is 22.2. The molecule has 11 heteroatoms. The standard InChI is InChI=1S/C20H20F5N5O/c21-17(22)19(31)30-7-1-2-12(10-30)14-9-16(29-18(27-14)11-3-4-11)28-15-8-13(5-6-26-15)20(23,24)25/h5-6,8-9,11-12,17H,1-4,7,10H2,(H,26,27,28,29). The summed E-state index contributed by atoms with van der Waals surface area (Å²) in [7, 11) is 0. The van der Waals surface area contributed by atoms with Crippen molar-refractivity contribution in [3.63, 3.8) is 0 Å². The molecule has 1 aliphatic heterocycles. The zero-order valence-electron chi connectivity index (χ0n) is 16.4. The van der Waals surface area contributed by atoms with E-state index < -0.39 is 24.1 Å². The molecule has 2 aliphatic rings. The van der Waals surface area contributed by atoms with Crippen LogP contribution in [0.5, 0.6) is 0 Å². The molecule has 0 aromatic carbocycles. The molecule has 2 aromatic rings. The first-order valence-electron chi connectivity index (χ1n) is 9.97. The third-order valence-electron chi connectivity index (χ3n) is 5.39. The maximum absolute atomic E-state index is 13.0. The quantitative estimate of drug-likeness (QED) is 0.693. The van der Waals surface area contributed by atoms with E-state index in [2.05, 4.69) is 20.3 Å². The van der Waals surface area contributed by atoms with E-state index in [-0.39, 0.29) is 36.6 Å². The van der Waals surface area contributed by atoms with Crippen LogP contribution in [0.25, 0.3) is 0 Å². The van der Waals surface area contributed by atoms with Gasteiger partial charge in [-0.25, -0.2) is 15.0 Å². The van der Waals surface area contributed by atoms with Gasteiger partial charge in [0.2, 0.25) is 0 Å². The Kier molecular flexibility index (Phi) is 5.76. The summed E-state index contributed by atoms with van der Waals surface area (Å²) in [4.78, 5) is 25.8. The fourth-order valence-corrected chi connectivity index (χ4v) is 3.65. The molecule has 0 radical (unpaired) electrons. The summed E-state index contributed by atoms with van der Waals surface area (Å²) < 4.78 is 64.6. The molecular weight excluding hydrogens is 421 g/mol. The van der Waals surface area contributed by atoms with Gasteiger partial charge in [0.15, 0.2) is 0 Å². The number of pyridine rings is 1. The van der Waals surface area contributed by atoms with Gasteiger partial charge in [0.1, 0.15) is 17.5 Å². The second-order valence-electron chi connectivity index (χ2n) is 7.79. The molecule has 4 rings (SSSR count). The van der Waals surface area contributed by atoms with Gasteiger partial charge in [-0.3, -0.25) is 4.79 Å². The normalized spacial score (nSPS) is 19.5. The van der Waals surface area contributed by atoms with Crippen LogP contribution in [0, 0.1) is 0 Å². The van der Waals surface area contributed by atoms with Crippen molar-refractivity contribution in [3.8, 4) is 0 Å². The average molecular weight is 441 g/mol. The molecule has 1 aliphatic carbocycles. The molecule has 1 N–H and O–H groups in total. The van der Waals surface area contributed by atoms with Crippen LogP contribution in [0.3, 0.4) is 0 Å². The minimum atomic E-state index is -4.50. The topological polar surface area (TPSA) is 71.0 Å². The highest BCUT2D eigenvalue weighted by Gasteiger charge is 2.33. The van der Waals surface area contributed by atoms with E-state index >= 15 is 0 Å². The Balaban J connectivity index is 1.60. The summed E-state index contributed by atoms with van der Waals surface area (Å²) in [6.45, 7) is 0.380. The molecule has 0 spiro atoms. The number of likely N-dealkylation sites (tertiary alicyclic amines) is 1. The molecule has 31 heavy (non-hydrogen) atoms. The fraction of sp³-hybridized carbons (Fsp3) is 0.500. The van der Waals surface area contributed by atoms with Crippen molar-refractivity contribution >= 4 is 17.5 Å². The SMILES string of the molecule is O=C(C(F)F)N1CCCC(c2cc(Nc3cc(C(F)(F)F)ccn3)nc(C3CC3)n2)C1. The molecule has 0 bridgehead atoms. The first-order chi connectivity index (χ1) is 14.7. The van der Waals surface area contributed by atoms with Gasteiger partial charge in [0, 0.05) is 37.2 Å². The lowest BCUT2D eigenvalue weighted by Crippen LogP contribution is -2.42. The van der Waals surface area contributed by atoms with Crippen LogP contribution >= 0.6 is 0 Å². The van der Waals surface area contributed by atoms with Crippen LogP contribution < -0.4 is 5.32 Å². The minimum absolute atomic E-state index is 0.0145. The van der Waals surface area contributed by atoms with Gasteiger partial charge in [-0.05, 0) is 37.8 Å². The maximum atomic E-state index is 13.0. The molecule has 1 amide bonds. The van der Waals surface area contributed by atoms with E-state index in [4.69, 9.17) is 0 Å². The van der Waals surface area contributed by atoms with Gasteiger partial charge < -0.3 is 10.2 Å². The molecule has 1 atom stereocenters. The summed E-state index contributed by atoms with van der Waals surface area (Å²) in [6, 6.07) is 3.36. The molecule has 2 aromatic heterocycles. The first-order valence-corrected chi connectivity index (χ1v) is 9.97. The second kappa shape index (κ2) is 8.35. The van der Waals surface area contributed by atoms with Gasteiger partial charge in [0.25, 0.3) is 5.91 Å². The third kappa shape index (κ3) is 5.08. The molecular formula is C20H20F5N5O. The minimum Gasteiger partial charge on any atom is -0.337 e. The van der Waals surface area contributed by atoms with E-state index in [1.165, 1.54) is 0 Å². The number of nitrogens with one attached hydrogen (secondary N) is 1. The van der Waals surface area contributed by atoms with Crippen LogP contribution in [-0.4, -0.2) is 45.3 Å². The second-order valence-corrected chi connectivity index (χ2v) is 7.79. The van der Waals surface area contributed by atoms with Gasteiger partial charge >= 0.3 is 12.6 Å². The highest BCUT2D eigenvalue weighted by molar-refractivity contribution is 5.79. The first kappa shape index (κ1) is 21.4. The number of carbonyl (C=O) groups is 1. The molecule has 1 saturated heterocycles. The summed E-state index contributed by atoms with van der Waals surface area (Å²) in [5.41, 5.74) is -0.256.